The zero-order valence-electron chi connectivity index (χ0n) is 14.1. The maximum absolute atomic E-state index is 11.4. The van der Waals surface area contributed by atoms with E-state index in [0.29, 0.717) is 11.7 Å². The number of aromatic carboxylic acids is 1. The average molecular weight is 348 g/mol. The third kappa shape index (κ3) is 3.06. The first-order valence-corrected chi connectivity index (χ1v) is 9.24. The number of piperidine rings is 1. The number of hydrogen-bond acceptors (Lipinski definition) is 6. The van der Waals surface area contributed by atoms with Crippen molar-refractivity contribution >= 4 is 39.0 Å². The first-order chi connectivity index (χ1) is 11.5. The van der Waals surface area contributed by atoms with Gasteiger partial charge in [-0.15, -0.1) is 11.3 Å². The molecule has 0 saturated carbocycles. The van der Waals surface area contributed by atoms with E-state index in [0.717, 1.165) is 60.4 Å². The molecule has 1 saturated heterocycles. The summed E-state index contributed by atoms with van der Waals surface area (Å²) in [7, 11) is 2.01. The highest BCUT2D eigenvalue weighted by Crippen LogP contribution is 2.37. The van der Waals surface area contributed by atoms with Gasteiger partial charge in [0.2, 0.25) is 0 Å². The number of carbonyl (C=O) groups is 1. The van der Waals surface area contributed by atoms with Crippen LogP contribution < -0.4 is 16.0 Å². The van der Waals surface area contributed by atoms with E-state index in [1.165, 1.54) is 11.3 Å². The van der Waals surface area contributed by atoms with Gasteiger partial charge in [0.05, 0.1) is 5.69 Å². The number of carboxylic acids is 1. The molecule has 0 atom stereocenters. The molecule has 0 aliphatic carbocycles. The summed E-state index contributed by atoms with van der Waals surface area (Å²) in [5.74, 6) is -0.0342. The van der Waals surface area contributed by atoms with E-state index in [4.69, 9.17) is 10.7 Å². The third-order valence-electron chi connectivity index (χ3n) is 4.71. The topological polar surface area (TPSA) is 91.5 Å². The molecule has 130 valence electrons. The zero-order valence-corrected chi connectivity index (χ0v) is 14.9. The van der Waals surface area contributed by atoms with E-state index in [1.54, 1.807) is 0 Å². The Balaban J connectivity index is 2.02. The Morgan fingerprint density at radius 1 is 1.50 bits per heavy atom. The summed E-state index contributed by atoms with van der Waals surface area (Å²) in [5, 5.41) is 13.5. The predicted molar refractivity (Wildman–Crippen MR) is 99.3 cm³/mol. The van der Waals surface area contributed by atoms with Crippen LogP contribution in [0, 0.1) is 0 Å². The highest BCUT2D eigenvalue weighted by atomic mass is 32.1. The number of pyridine rings is 1. The van der Waals surface area contributed by atoms with Gasteiger partial charge in [-0.05, 0) is 37.9 Å². The van der Waals surface area contributed by atoms with Crippen molar-refractivity contribution in [3.63, 3.8) is 0 Å². The molecule has 1 aliphatic rings. The fourth-order valence-electron chi connectivity index (χ4n) is 3.37. The van der Waals surface area contributed by atoms with Crippen molar-refractivity contribution in [1.29, 1.82) is 0 Å². The number of nitrogen functional groups attached to an aromatic ring is 1. The predicted octanol–water partition coefficient (Wildman–Crippen LogP) is 2.72. The summed E-state index contributed by atoms with van der Waals surface area (Å²) < 4.78 is 0. The zero-order chi connectivity index (χ0) is 17.3. The summed E-state index contributed by atoms with van der Waals surface area (Å²) >= 11 is 1.18. The van der Waals surface area contributed by atoms with Crippen molar-refractivity contribution in [3.8, 4) is 0 Å². The Bertz CT molecular complexity index is 751. The Morgan fingerprint density at radius 2 is 2.21 bits per heavy atom. The lowest BCUT2D eigenvalue weighted by Gasteiger charge is -2.32. The standard InChI is InChI=1S/C17H24N4O2S/c1-3-4-10-9-12(21-7-5-11(19-2)6-8-21)20-16-13(10)14(18)15(24-16)17(22)23/h9,11,19H,3-8,18H2,1-2H3,(H,22,23). The van der Waals surface area contributed by atoms with Crippen LogP contribution in [0.25, 0.3) is 10.2 Å². The average Bonchev–Trinajstić information content (AvgIpc) is 2.92. The molecule has 6 nitrogen and oxygen atoms in total. The van der Waals surface area contributed by atoms with Crippen molar-refractivity contribution in [2.75, 3.05) is 30.8 Å². The van der Waals surface area contributed by atoms with Gasteiger partial charge in [-0.1, -0.05) is 13.3 Å². The Kier molecular flexibility index (Phi) is 4.91. The van der Waals surface area contributed by atoms with Crippen LogP contribution in [0.5, 0.6) is 0 Å². The van der Waals surface area contributed by atoms with E-state index >= 15 is 0 Å². The Morgan fingerprint density at radius 3 is 2.79 bits per heavy atom. The number of nitrogens with zero attached hydrogens (tertiary/aromatic N) is 2. The highest BCUT2D eigenvalue weighted by Gasteiger charge is 2.23. The van der Waals surface area contributed by atoms with Crippen molar-refractivity contribution in [2.24, 2.45) is 0 Å². The fraction of sp³-hybridized carbons (Fsp3) is 0.529. The number of fused-ring (bicyclic) bond motifs is 1. The minimum Gasteiger partial charge on any atom is -0.477 e. The molecule has 3 rings (SSSR count). The minimum absolute atomic E-state index is 0.195. The van der Waals surface area contributed by atoms with Gasteiger partial charge in [0, 0.05) is 24.5 Å². The molecule has 0 amide bonds. The van der Waals surface area contributed by atoms with Crippen molar-refractivity contribution in [2.45, 2.75) is 38.6 Å². The van der Waals surface area contributed by atoms with Gasteiger partial charge < -0.3 is 21.1 Å². The lowest BCUT2D eigenvalue weighted by atomic mass is 10.0. The maximum Gasteiger partial charge on any atom is 0.348 e. The van der Waals surface area contributed by atoms with Gasteiger partial charge >= 0.3 is 5.97 Å². The first kappa shape index (κ1) is 17.0. The van der Waals surface area contributed by atoms with Gasteiger partial charge in [0.15, 0.2) is 0 Å². The summed E-state index contributed by atoms with van der Waals surface area (Å²) in [5.41, 5.74) is 7.57. The monoisotopic (exact) mass is 348 g/mol. The molecule has 3 heterocycles. The number of thiophene rings is 1. The van der Waals surface area contributed by atoms with Gasteiger partial charge in [-0.25, -0.2) is 9.78 Å². The summed E-state index contributed by atoms with van der Waals surface area (Å²) in [4.78, 5) is 19.4. The van der Waals surface area contributed by atoms with Gasteiger partial charge in [-0.2, -0.15) is 0 Å². The maximum atomic E-state index is 11.4. The smallest absolute Gasteiger partial charge is 0.348 e. The molecule has 4 N–H and O–H groups in total. The number of hydrogen-bond donors (Lipinski definition) is 3. The van der Waals surface area contributed by atoms with Crippen LogP contribution in [-0.2, 0) is 6.42 Å². The van der Waals surface area contributed by atoms with Gasteiger partial charge in [0.25, 0.3) is 0 Å². The number of aryl methyl sites for hydroxylation is 1. The molecule has 1 fully saturated rings. The van der Waals surface area contributed by atoms with Crippen LogP contribution >= 0.6 is 11.3 Å². The number of anilines is 2. The van der Waals surface area contributed by atoms with E-state index in [9.17, 15) is 9.90 Å². The molecule has 0 aromatic carbocycles. The molecule has 1 aliphatic heterocycles. The molecule has 2 aromatic heterocycles. The van der Waals surface area contributed by atoms with Crippen LogP contribution in [0.3, 0.4) is 0 Å². The van der Waals surface area contributed by atoms with Crippen LogP contribution in [0.15, 0.2) is 6.07 Å². The molecule has 0 spiro atoms. The first-order valence-electron chi connectivity index (χ1n) is 8.42. The number of carboxylic acid groups (broad SMARTS) is 1. The largest absolute Gasteiger partial charge is 0.477 e. The second-order valence-electron chi connectivity index (χ2n) is 6.27. The number of nitrogens with one attached hydrogen (secondary N) is 1. The van der Waals surface area contributed by atoms with Crippen molar-refractivity contribution in [3.05, 3.63) is 16.5 Å². The quantitative estimate of drug-likeness (QED) is 0.769. The molecule has 24 heavy (non-hydrogen) atoms. The summed E-state index contributed by atoms with van der Waals surface area (Å²) in [6, 6.07) is 2.66. The molecule has 0 bridgehead atoms. The fourth-order valence-corrected chi connectivity index (χ4v) is 4.34. The highest BCUT2D eigenvalue weighted by molar-refractivity contribution is 7.21. The second kappa shape index (κ2) is 6.94. The van der Waals surface area contributed by atoms with Gasteiger partial charge in [-0.3, -0.25) is 0 Å². The molecule has 7 heteroatoms. The summed E-state index contributed by atoms with van der Waals surface area (Å²) in [6.07, 6.45) is 4.04. The van der Waals surface area contributed by atoms with Crippen molar-refractivity contribution in [1.82, 2.24) is 10.3 Å². The van der Waals surface area contributed by atoms with E-state index in [-0.39, 0.29) is 4.88 Å². The van der Waals surface area contributed by atoms with E-state index in [2.05, 4.69) is 23.2 Å². The Hall–Kier alpha value is -1.86. The minimum atomic E-state index is -0.977. The van der Waals surface area contributed by atoms with Crippen LogP contribution in [0.4, 0.5) is 11.5 Å². The van der Waals surface area contributed by atoms with E-state index in [1.807, 2.05) is 7.05 Å². The summed E-state index contributed by atoms with van der Waals surface area (Å²) in [6.45, 7) is 4.04. The molecule has 0 unspecified atom stereocenters. The lowest BCUT2D eigenvalue weighted by molar-refractivity contribution is 0.0703. The van der Waals surface area contributed by atoms with Crippen LogP contribution in [0.2, 0.25) is 0 Å². The third-order valence-corrected chi connectivity index (χ3v) is 5.80. The second-order valence-corrected chi connectivity index (χ2v) is 7.27. The molecule has 2 aromatic rings. The van der Waals surface area contributed by atoms with Gasteiger partial charge in [0.1, 0.15) is 15.5 Å². The van der Waals surface area contributed by atoms with Crippen LogP contribution in [0.1, 0.15) is 41.4 Å². The van der Waals surface area contributed by atoms with Crippen LogP contribution in [-0.4, -0.2) is 42.2 Å². The number of aromatic nitrogens is 1. The molecular formula is C17H24N4O2S. The molecule has 0 radical (unpaired) electrons. The lowest BCUT2D eigenvalue weighted by Crippen LogP contribution is -2.41. The SMILES string of the molecule is CCCc1cc(N2CCC(NC)CC2)nc2sc(C(=O)O)c(N)c12. The molecular weight excluding hydrogens is 324 g/mol. The van der Waals surface area contributed by atoms with Crippen molar-refractivity contribution < 1.29 is 9.90 Å². The number of nitrogens with two attached hydrogens (primary N) is 1. The number of rotatable bonds is 5. The van der Waals surface area contributed by atoms with E-state index < -0.39 is 5.97 Å². The Labute approximate surface area is 145 Å². The normalized spacial score (nSPS) is 16.0.